The molecule has 19 heavy (non-hydrogen) atoms. The Morgan fingerprint density at radius 1 is 1.21 bits per heavy atom. The maximum absolute atomic E-state index is 10.3. The quantitative estimate of drug-likeness (QED) is 0.797. The summed E-state index contributed by atoms with van der Waals surface area (Å²) in [6.07, 6.45) is 5.36. The fourth-order valence-electron chi connectivity index (χ4n) is 1.81. The minimum Gasteiger partial charge on any atom is -0.478 e. The second kappa shape index (κ2) is 6.80. The monoisotopic (exact) mass is 263 g/mol. The number of benzene rings is 1. The van der Waals surface area contributed by atoms with Gasteiger partial charge < -0.3 is 19.9 Å². The van der Waals surface area contributed by atoms with E-state index in [2.05, 4.69) is 5.32 Å². The molecule has 0 unspecified atom stereocenters. The number of carboxylic acids is 1. The smallest absolute Gasteiger partial charge is 0.328 e. The highest BCUT2D eigenvalue weighted by Crippen LogP contribution is 2.32. The third-order valence-electron chi connectivity index (χ3n) is 2.77. The number of nitrogens with one attached hydrogen (secondary N) is 1. The number of rotatable bonds is 2. The van der Waals surface area contributed by atoms with Crippen LogP contribution in [-0.2, 0) is 4.79 Å². The standard InChI is InChI=1S/C10H8O4.C4H9N/c11-10(12)4-2-7-1-3-8-9(5-7)14-6-13-8;1-2-4-5-3-1/h1-5H,6H2,(H,11,12);5H,1-4H2. The predicted octanol–water partition coefficient (Wildman–Crippen LogP) is 1.88. The zero-order chi connectivity index (χ0) is 13.5. The molecule has 1 fully saturated rings. The fourth-order valence-corrected chi connectivity index (χ4v) is 1.81. The van der Waals surface area contributed by atoms with E-state index in [1.54, 1.807) is 18.2 Å². The zero-order valence-electron chi connectivity index (χ0n) is 10.6. The summed E-state index contributed by atoms with van der Waals surface area (Å²) in [6, 6.07) is 5.26. The lowest BCUT2D eigenvalue weighted by Gasteiger charge is -1.96. The highest BCUT2D eigenvalue weighted by Gasteiger charge is 2.12. The molecule has 3 rings (SSSR count). The minimum atomic E-state index is -0.970. The number of carboxylic acid groups (broad SMARTS) is 1. The molecule has 102 valence electrons. The molecule has 2 aliphatic heterocycles. The van der Waals surface area contributed by atoms with E-state index < -0.39 is 5.97 Å². The molecule has 5 nitrogen and oxygen atoms in total. The first-order chi connectivity index (χ1) is 9.25. The summed E-state index contributed by atoms with van der Waals surface area (Å²) in [6.45, 7) is 2.72. The van der Waals surface area contributed by atoms with Crippen molar-refractivity contribution in [1.82, 2.24) is 5.32 Å². The summed E-state index contributed by atoms with van der Waals surface area (Å²) in [5.74, 6) is 0.373. The lowest BCUT2D eigenvalue weighted by atomic mass is 10.2. The van der Waals surface area contributed by atoms with Crippen molar-refractivity contribution >= 4 is 12.0 Å². The Kier molecular flexibility index (Phi) is 4.80. The first-order valence-corrected chi connectivity index (χ1v) is 6.27. The Morgan fingerprint density at radius 3 is 2.58 bits per heavy atom. The Balaban J connectivity index is 0.000000224. The first-order valence-electron chi connectivity index (χ1n) is 6.27. The second-order valence-electron chi connectivity index (χ2n) is 4.24. The van der Waals surface area contributed by atoms with Crippen molar-refractivity contribution in [2.75, 3.05) is 19.9 Å². The van der Waals surface area contributed by atoms with Crippen LogP contribution in [0.4, 0.5) is 0 Å². The van der Waals surface area contributed by atoms with Crippen molar-refractivity contribution in [3.8, 4) is 11.5 Å². The van der Waals surface area contributed by atoms with Crippen molar-refractivity contribution in [3.05, 3.63) is 29.8 Å². The number of carbonyl (C=O) groups is 1. The van der Waals surface area contributed by atoms with Crippen LogP contribution in [0.1, 0.15) is 18.4 Å². The molecule has 1 aromatic rings. The molecule has 0 amide bonds. The average Bonchev–Trinajstić information content (AvgIpc) is 3.09. The molecule has 2 heterocycles. The predicted molar refractivity (Wildman–Crippen MR) is 71.3 cm³/mol. The lowest BCUT2D eigenvalue weighted by molar-refractivity contribution is -0.131. The molecule has 0 spiro atoms. The molecule has 0 aromatic heterocycles. The summed E-state index contributed by atoms with van der Waals surface area (Å²) in [5.41, 5.74) is 0.775. The Labute approximate surface area is 111 Å². The van der Waals surface area contributed by atoms with E-state index in [-0.39, 0.29) is 6.79 Å². The number of aliphatic carboxylic acids is 1. The van der Waals surface area contributed by atoms with Crippen LogP contribution in [0.5, 0.6) is 11.5 Å². The molecular weight excluding hydrogens is 246 g/mol. The fraction of sp³-hybridized carbons (Fsp3) is 0.357. The van der Waals surface area contributed by atoms with Gasteiger partial charge in [-0.3, -0.25) is 0 Å². The van der Waals surface area contributed by atoms with Gasteiger partial charge in [0.1, 0.15) is 0 Å². The van der Waals surface area contributed by atoms with E-state index in [1.165, 1.54) is 32.0 Å². The number of hydrogen-bond donors (Lipinski definition) is 2. The molecule has 0 radical (unpaired) electrons. The van der Waals surface area contributed by atoms with Crippen molar-refractivity contribution in [2.45, 2.75) is 12.8 Å². The molecule has 0 aliphatic carbocycles. The van der Waals surface area contributed by atoms with E-state index in [0.29, 0.717) is 11.5 Å². The van der Waals surface area contributed by atoms with Crippen LogP contribution >= 0.6 is 0 Å². The second-order valence-corrected chi connectivity index (χ2v) is 4.24. The van der Waals surface area contributed by atoms with E-state index >= 15 is 0 Å². The molecule has 5 heteroatoms. The summed E-state index contributed by atoms with van der Waals surface area (Å²) in [4.78, 5) is 10.3. The van der Waals surface area contributed by atoms with Crippen molar-refractivity contribution in [1.29, 1.82) is 0 Å². The molecular formula is C14H17NO4. The van der Waals surface area contributed by atoms with Crippen molar-refractivity contribution in [3.63, 3.8) is 0 Å². The van der Waals surface area contributed by atoms with Crippen molar-refractivity contribution < 1.29 is 19.4 Å². The van der Waals surface area contributed by atoms with Crippen LogP contribution in [0.2, 0.25) is 0 Å². The van der Waals surface area contributed by atoms with Gasteiger partial charge in [0.15, 0.2) is 11.5 Å². The van der Waals surface area contributed by atoms with Crippen LogP contribution in [-0.4, -0.2) is 31.0 Å². The molecule has 2 N–H and O–H groups in total. The molecule has 2 aliphatic rings. The first kappa shape index (κ1) is 13.4. The minimum absolute atomic E-state index is 0.224. The van der Waals surface area contributed by atoms with Gasteiger partial charge in [0.25, 0.3) is 0 Å². The third kappa shape index (κ3) is 4.30. The van der Waals surface area contributed by atoms with Crippen LogP contribution in [0, 0.1) is 0 Å². The largest absolute Gasteiger partial charge is 0.478 e. The Hall–Kier alpha value is -2.01. The molecule has 0 bridgehead atoms. The summed E-state index contributed by atoms with van der Waals surface area (Å²) >= 11 is 0. The third-order valence-corrected chi connectivity index (χ3v) is 2.77. The van der Waals surface area contributed by atoms with Crippen molar-refractivity contribution in [2.24, 2.45) is 0 Å². The van der Waals surface area contributed by atoms with Gasteiger partial charge in [-0.05, 0) is 49.7 Å². The highest BCUT2D eigenvalue weighted by molar-refractivity contribution is 5.85. The topological polar surface area (TPSA) is 67.8 Å². The SMILES string of the molecule is C1CCNC1.O=C(O)C=Cc1ccc2c(c1)OCO2. The van der Waals surface area contributed by atoms with Gasteiger partial charge in [0.05, 0.1) is 0 Å². The number of hydrogen-bond acceptors (Lipinski definition) is 4. The number of fused-ring (bicyclic) bond motifs is 1. The van der Waals surface area contributed by atoms with Crippen LogP contribution < -0.4 is 14.8 Å². The average molecular weight is 263 g/mol. The van der Waals surface area contributed by atoms with E-state index in [1.807, 2.05) is 0 Å². The molecule has 0 atom stereocenters. The Bertz CT molecular complexity index is 459. The molecule has 1 aromatic carbocycles. The van der Waals surface area contributed by atoms with E-state index in [9.17, 15) is 4.79 Å². The summed E-state index contributed by atoms with van der Waals surface area (Å²) in [7, 11) is 0. The van der Waals surface area contributed by atoms with E-state index in [4.69, 9.17) is 14.6 Å². The van der Waals surface area contributed by atoms with Gasteiger partial charge in [-0.1, -0.05) is 6.07 Å². The lowest BCUT2D eigenvalue weighted by Crippen LogP contribution is -2.03. The van der Waals surface area contributed by atoms with Crippen LogP contribution in [0.15, 0.2) is 24.3 Å². The van der Waals surface area contributed by atoms with Crippen LogP contribution in [0.25, 0.3) is 6.08 Å². The van der Waals surface area contributed by atoms with Gasteiger partial charge in [0.2, 0.25) is 6.79 Å². The maximum Gasteiger partial charge on any atom is 0.328 e. The maximum atomic E-state index is 10.3. The van der Waals surface area contributed by atoms with Gasteiger partial charge in [0, 0.05) is 6.08 Å². The summed E-state index contributed by atoms with van der Waals surface area (Å²) < 4.78 is 10.3. The van der Waals surface area contributed by atoms with Gasteiger partial charge in [-0.15, -0.1) is 0 Å². The van der Waals surface area contributed by atoms with E-state index in [0.717, 1.165) is 11.6 Å². The van der Waals surface area contributed by atoms with Gasteiger partial charge >= 0.3 is 5.97 Å². The highest BCUT2D eigenvalue weighted by atomic mass is 16.7. The Morgan fingerprint density at radius 2 is 1.95 bits per heavy atom. The zero-order valence-corrected chi connectivity index (χ0v) is 10.6. The number of ether oxygens (including phenoxy) is 2. The summed E-state index contributed by atoms with van der Waals surface area (Å²) in [5, 5.41) is 11.6. The normalized spacial score (nSPS) is 16.2. The van der Waals surface area contributed by atoms with Crippen LogP contribution in [0.3, 0.4) is 0 Å². The van der Waals surface area contributed by atoms with Gasteiger partial charge in [-0.25, -0.2) is 4.79 Å². The van der Waals surface area contributed by atoms with Gasteiger partial charge in [-0.2, -0.15) is 0 Å². The molecule has 0 saturated carbocycles. The molecule has 1 saturated heterocycles.